The van der Waals surface area contributed by atoms with Crippen LogP contribution in [0, 0.1) is 0 Å². The maximum atomic E-state index is 4.30. The molecule has 2 aromatic rings. The van der Waals surface area contributed by atoms with Gasteiger partial charge in [0.1, 0.15) is 0 Å². The second-order valence-corrected chi connectivity index (χ2v) is 6.40. The second-order valence-electron chi connectivity index (χ2n) is 6.40. The number of nitrogens with one attached hydrogen (secondary N) is 3. The minimum atomic E-state index is 0.376. The van der Waals surface area contributed by atoms with Crippen LogP contribution in [-0.4, -0.2) is 5.96 Å². The number of hydrazone groups is 1. The van der Waals surface area contributed by atoms with Crippen LogP contribution in [0.25, 0.3) is 11.1 Å². The number of aromatic nitrogens is 1. The van der Waals surface area contributed by atoms with Crippen molar-refractivity contribution in [2.75, 3.05) is 0 Å². The molecule has 23 heavy (non-hydrogen) atoms. The molecule has 0 atom stereocenters. The van der Waals surface area contributed by atoms with E-state index in [1.54, 1.807) is 0 Å². The van der Waals surface area contributed by atoms with Crippen LogP contribution in [-0.2, 0) is 0 Å². The fraction of sp³-hybridized carbons (Fsp3) is 0.333. The van der Waals surface area contributed by atoms with Crippen LogP contribution in [0.5, 0.6) is 0 Å². The molecule has 0 bridgehead atoms. The molecule has 0 saturated carbocycles. The van der Waals surface area contributed by atoms with Gasteiger partial charge in [0.2, 0.25) is 0 Å². The van der Waals surface area contributed by atoms with Crippen molar-refractivity contribution in [3.63, 3.8) is 0 Å². The standard InChI is InChI=1S/C18H24N5/c1-12(2)16-10-15(14-8-6-5-7-9-14)11-17(13(3)4)23(16)18-19-21-22-20-18/h5-13,21-22H,1-4H3,(H,19,20)/q+1. The van der Waals surface area contributed by atoms with Crippen molar-refractivity contribution in [1.82, 2.24) is 16.5 Å². The predicted molar refractivity (Wildman–Crippen MR) is 92.5 cm³/mol. The summed E-state index contributed by atoms with van der Waals surface area (Å²) in [6.07, 6.45) is 0. The molecule has 0 amide bonds. The normalized spacial score (nSPS) is 13.9. The van der Waals surface area contributed by atoms with Gasteiger partial charge in [-0.15, -0.1) is 5.53 Å². The highest BCUT2D eigenvalue weighted by molar-refractivity contribution is 5.72. The summed E-state index contributed by atoms with van der Waals surface area (Å²) in [6.45, 7) is 8.84. The number of hydrazine groups is 2. The molecule has 5 heteroatoms. The number of benzene rings is 1. The summed E-state index contributed by atoms with van der Waals surface area (Å²) in [6, 6.07) is 15.0. The average Bonchev–Trinajstić information content (AvgIpc) is 3.08. The van der Waals surface area contributed by atoms with Gasteiger partial charge in [0.15, 0.2) is 0 Å². The van der Waals surface area contributed by atoms with Crippen molar-refractivity contribution in [2.45, 2.75) is 39.5 Å². The molecule has 0 fully saturated rings. The smallest absolute Gasteiger partial charge is 0.200 e. The maximum absolute atomic E-state index is 4.30. The Labute approximate surface area is 137 Å². The zero-order valence-corrected chi connectivity index (χ0v) is 14.1. The Morgan fingerprint density at radius 3 is 1.96 bits per heavy atom. The van der Waals surface area contributed by atoms with E-state index in [-0.39, 0.29) is 0 Å². The Hall–Kier alpha value is -2.40. The molecule has 1 aliphatic rings. The first-order valence-corrected chi connectivity index (χ1v) is 8.07. The molecule has 0 spiro atoms. The molecule has 1 aliphatic heterocycles. The summed E-state index contributed by atoms with van der Waals surface area (Å²) >= 11 is 0. The lowest BCUT2D eigenvalue weighted by molar-refractivity contribution is -0.580. The third-order valence-corrected chi connectivity index (χ3v) is 4.02. The molecule has 0 aliphatic carbocycles. The monoisotopic (exact) mass is 310 g/mol. The van der Waals surface area contributed by atoms with Gasteiger partial charge in [0, 0.05) is 16.9 Å². The van der Waals surface area contributed by atoms with Gasteiger partial charge in [0.25, 0.3) is 0 Å². The zero-order valence-electron chi connectivity index (χ0n) is 14.1. The van der Waals surface area contributed by atoms with Crippen LogP contribution in [0.4, 0.5) is 0 Å². The molecule has 0 unspecified atom stereocenters. The first-order valence-electron chi connectivity index (χ1n) is 8.07. The van der Waals surface area contributed by atoms with Gasteiger partial charge in [-0.1, -0.05) is 63.6 Å². The SMILES string of the molecule is CC(C)c1cc(-c2ccccc2)cc(C(C)C)[n+]1C1=NNNN1. The van der Waals surface area contributed by atoms with E-state index in [0.29, 0.717) is 11.8 Å². The fourth-order valence-corrected chi connectivity index (χ4v) is 2.83. The first-order chi connectivity index (χ1) is 11.1. The molecule has 3 N–H and O–H groups in total. The average molecular weight is 310 g/mol. The summed E-state index contributed by atoms with van der Waals surface area (Å²) in [7, 11) is 0. The fourth-order valence-electron chi connectivity index (χ4n) is 2.83. The third-order valence-electron chi connectivity index (χ3n) is 4.02. The Balaban J connectivity index is 2.23. The van der Waals surface area contributed by atoms with E-state index in [2.05, 4.69) is 90.3 Å². The third kappa shape index (κ3) is 3.05. The molecule has 120 valence electrons. The topological polar surface area (TPSA) is 52.3 Å². The number of hydrogen-bond acceptors (Lipinski definition) is 4. The first kappa shape index (κ1) is 15.5. The van der Waals surface area contributed by atoms with E-state index in [4.69, 9.17) is 0 Å². The minimum Gasteiger partial charge on any atom is -0.200 e. The van der Waals surface area contributed by atoms with Gasteiger partial charge < -0.3 is 0 Å². The van der Waals surface area contributed by atoms with Crippen LogP contribution in [0.15, 0.2) is 47.6 Å². The van der Waals surface area contributed by atoms with E-state index in [1.165, 1.54) is 22.5 Å². The summed E-state index contributed by atoms with van der Waals surface area (Å²) in [5.74, 6) is 1.53. The van der Waals surface area contributed by atoms with E-state index in [9.17, 15) is 0 Å². The minimum absolute atomic E-state index is 0.376. The Morgan fingerprint density at radius 1 is 0.870 bits per heavy atom. The molecule has 1 aromatic heterocycles. The highest BCUT2D eigenvalue weighted by atomic mass is 15.8. The van der Waals surface area contributed by atoms with Crippen molar-refractivity contribution < 1.29 is 4.57 Å². The number of hydrogen-bond donors (Lipinski definition) is 3. The van der Waals surface area contributed by atoms with Crippen LogP contribution < -0.4 is 21.1 Å². The molecule has 0 radical (unpaired) electrons. The summed E-state index contributed by atoms with van der Waals surface area (Å²) in [5.41, 5.74) is 13.6. The van der Waals surface area contributed by atoms with E-state index in [0.717, 1.165) is 5.96 Å². The zero-order chi connectivity index (χ0) is 16.4. The Bertz CT molecular complexity index is 690. The predicted octanol–water partition coefficient (Wildman–Crippen LogP) is 2.62. The van der Waals surface area contributed by atoms with Gasteiger partial charge in [-0.2, -0.15) is 9.99 Å². The summed E-state index contributed by atoms with van der Waals surface area (Å²) < 4.78 is 2.20. The van der Waals surface area contributed by atoms with Gasteiger partial charge >= 0.3 is 5.96 Å². The van der Waals surface area contributed by atoms with Crippen molar-refractivity contribution in [1.29, 1.82) is 0 Å². The Morgan fingerprint density at radius 2 is 1.48 bits per heavy atom. The van der Waals surface area contributed by atoms with Crippen molar-refractivity contribution in [3.8, 4) is 11.1 Å². The highest BCUT2D eigenvalue weighted by Crippen LogP contribution is 2.25. The molecule has 5 nitrogen and oxygen atoms in total. The number of rotatable bonds is 3. The van der Waals surface area contributed by atoms with Crippen LogP contribution >= 0.6 is 0 Å². The second kappa shape index (κ2) is 6.38. The number of pyridine rings is 1. The lowest BCUT2D eigenvalue weighted by Crippen LogP contribution is -2.57. The molecule has 2 heterocycles. The van der Waals surface area contributed by atoms with Gasteiger partial charge in [-0.05, 0) is 23.3 Å². The lowest BCUT2D eigenvalue weighted by Gasteiger charge is -2.18. The molecular weight excluding hydrogens is 286 g/mol. The van der Waals surface area contributed by atoms with Crippen molar-refractivity contribution in [3.05, 3.63) is 53.9 Å². The quantitative estimate of drug-likeness (QED) is 0.764. The van der Waals surface area contributed by atoms with E-state index >= 15 is 0 Å². The van der Waals surface area contributed by atoms with Crippen molar-refractivity contribution in [2.24, 2.45) is 5.10 Å². The van der Waals surface area contributed by atoms with E-state index in [1.807, 2.05) is 6.07 Å². The Kier molecular flexibility index (Phi) is 4.30. The highest BCUT2D eigenvalue weighted by Gasteiger charge is 2.27. The van der Waals surface area contributed by atoms with Crippen LogP contribution in [0.3, 0.4) is 0 Å². The van der Waals surface area contributed by atoms with Gasteiger partial charge in [-0.3, -0.25) is 0 Å². The van der Waals surface area contributed by atoms with Gasteiger partial charge in [-0.25, -0.2) is 0 Å². The maximum Gasteiger partial charge on any atom is 0.436 e. The molecule has 3 rings (SSSR count). The lowest BCUT2D eigenvalue weighted by atomic mass is 9.97. The van der Waals surface area contributed by atoms with Gasteiger partial charge in [0.05, 0.1) is 11.4 Å². The summed E-state index contributed by atoms with van der Waals surface area (Å²) in [5, 5.41) is 4.30. The number of nitrogens with zero attached hydrogens (tertiary/aromatic N) is 2. The van der Waals surface area contributed by atoms with Crippen LogP contribution in [0.2, 0.25) is 0 Å². The van der Waals surface area contributed by atoms with Crippen molar-refractivity contribution >= 4 is 5.96 Å². The molecular formula is C18H24N5+. The van der Waals surface area contributed by atoms with E-state index < -0.39 is 0 Å². The largest absolute Gasteiger partial charge is 0.436 e. The summed E-state index contributed by atoms with van der Waals surface area (Å²) in [4.78, 5) is 0. The van der Waals surface area contributed by atoms with Crippen LogP contribution in [0.1, 0.15) is 50.9 Å². The molecule has 1 aromatic carbocycles. The molecule has 0 saturated heterocycles.